The lowest BCUT2D eigenvalue weighted by Gasteiger charge is -2.03. The molecule has 3 nitrogen and oxygen atoms in total. The quantitative estimate of drug-likeness (QED) is 0.516. The van der Waals surface area contributed by atoms with Crippen LogP contribution < -0.4 is 0 Å². The smallest absolute Gasteiger partial charge is 0.197 e. The molecular formula is C18H12N2OS. The van der Waals surface area contributed by atoms with E-state index < -0.39 is 0 Å². The van der Waals surface area contributed by atoms with Crippen LogP contribution in [0, 0.1) is 4.77 Å². The number of nitrogens with zero attached hydrogens (tertiary/aromatic N) is 1. The summed E-state index contributed by atoms with van der Waals surface area (Å²) in [5.74, 6) is 0.756. The summed E-state index contributed by atoms with van der Waals surface area (Å²) >= 11 is 5.26. The summed E-state index contributed by atoms with van der Waals surface area (Å²) in [6.45, 7) is 0. The van der Waals surface area contributed by atoms with Crippen LogP contribution in [0.3, 0.4) is 0 Å². The van der Waals surface area contributed by atoms with Gasteiger partial charge in [-0.05, 0) is 30.4 Å². The van der Waals surface area contributed by atoms with Gasteiger partial charge >= 0.3 is 0 Å². The van der Waals surface area contributed by atoms with E-state index in [-0.39, 0.29) is 0 Å². The van der Waals surface area contributed by atoms with Crippen LogP contribution in [0.5, 0.6) is 0 Å². The van der Waals surface area contributed by atoms with E-state index in [1.807, 2.05) is 66.7 Å². The predicted octanol–water partition coefficient (Wildman–Crippen LogP) is 5.22. The number of fused-ring (bicyclic) bond motifs is 1. The summed E-state index contributed by atoms with van der Waals surface area (Å²) in [4.78, 5) is 7.51. The van der Waals surface area contributed by atoms with Gasteiger partial charge in [-0.1, -0.05) is 48.5 Å². The van der Waals surface area contributed by atoms with Gasteiger partial charge in [0.2, 0.25) is 0 Å². The zero-order chi connectivity index (χ0) is 14.9. The molecule has 2 aromatic carbocycles. The first-order chi connectivity index (χ1) is 10.8. The molecule has 0 aliphatic heterocycles. The number of hydrogen-bond donors (Lipinski definition) is 1. The van der Waals surface area contributed by atoms with Crippen molar-refractivity contribution in [3.63, 3.8) is 0 Å². The van der Waals surface area contributed by atoms with Crippen molar-refractivity contribution in [2.24, 2.45) is 0 Å². The molecule has 4 rings (SSSR count). The Morgan fingerprint density at radius 3 is 2.50 bits per heavy atom. The van der Waals surface area contributed by atoms with Gasteiger partial charge in [0.25, 0.3) is 0 Å². The normalized spacial score (nSPS) is 10.9. The molecule has 106 valence electrons. The summed E-state index contributed by atoms with van der Waals surface area (Å²) in [6, 6.07) is 21.9. The zero-order valence-electron chi connectivity index (χ0n) is 11.6. The van der Waals surface area contributed by atoms with E-state index in [0.29, 0.717) is 4.77 Å². The van der Waals surface area contributed by atoms with Gasteiger partial charge in [-0.2, -0.15) is 0 Å². The number of furan rings is 1. The van der Waals surface area contributed by atoms with Gasteiger partial charge in [0.1, 0.15) is 5.58 Å². The fraction of sp³-hybridized carbons (Fsp3) is 0. The third-order valence-electron chi connectivity index (χ3n) is 3.51. The van der Waals surface area contributed by atoms with Crippen molar-refractivity contribution < 1.29 is 4.42 Å². The Kier molecular flexibility index (Phi) is 3.09. The number of para-hydroxylation sites is 1. The van der Waals surface area contributed by atoms with E-state index >= 15 is 0 Å². The standard InChI is InChI=1S/C18H12N2OS/c22-18-19-14(12-6-2-1-3-7-12)11-15(20-18)17-10-13-8-4-5-9-16(13)21-17/h1-11H,(H,19,20,22). The van der Waals surface area contributed by atoms with Crippen LogP contribution in [0.15, 0.2) is 71.1 Å². The molecule has 0 aliphatic carbocycles. The van der Waals surface area contributed by atoms with Crippen molar-refractivity contribution >= 4 is 23.2 Å². The van der Waals surface area contributed by atoms with Gasteiger partial charge < -0.3 is 9.40 Å². The molecule has 0 unspecified atom stereocenters. The molecule has 0 spiro atoms. The van der Waals surface area contributed by atoms with Gasteiger partial charge in [0.15, 0.2) is 10.5 Å². The molecule has 4 aromatic rings. The highest BCUT2D eigenvalue weighted by Gasteiger charge is 2.09. The summed E-state index contributed by atoms with van der Waals surface area (Å²) in [5, 5.41) is 1.06. The Balaban J connectivity index is 1.88. The highest BCUT2D eigenvalue weighted by atomic mass is 32.1. The van der Waals surface area contributed by atoms with Crippen molar-refractivity contribution in [3.8, 4) is 22.7 Å². The molecule has 0 fully saturated rings. The third kappa shape index (κ3) is 2.34. The molecular weight excluding hydrogens is 292 g/mol. The van der Waals surface area contributed by atoms with E-state index in [0.717, 1.165) is 33.7 Å². The minimum atomic E-state index is 0.441. The Hall–Kier alpha value is -2.72. The van der Waals surface area contributed by atoms with E-state index in [2.05, 4.69) is 9.97 Å². The second-order valence-corrected chi connectivity index (χ2v) is 5.39. The molecule has 0 saturated heterocycles. The fourth-order valence-electron chi connectivity index (χ4n) is 2.46. The highest BCUT2D eigenvalue weighted by Crippen LogP contribution is 2.28. The maximum absolute atomic E-state index is 5.89. The first-order valence-electron chi connectivity index (χ1n) is 6.95. The van der Waals surface area contributed by atoms with E-state index in [4.69, 9.17) is 16.6 Å². The third-order valence-corrected chi connectivity index (χ3v) is 3.70. The molecule has 0 atom stereocenters. The summed E-state index contributed by atoms with van der Waals surface area (Å²) in [7, 11) is 0. The van der Waals surface area contributed by atoms with E-state index in [9.17, 15) is 0 Å². The number of aromatic nitrogens is 2. The molecule has 0 aliphatic rings. The van der Waals surface area contributed by atoms with Gasteiger partial charge in [0.05, 0.1) is 11.4 Å². The molecule has 1 N–H and O–H groups in total. The molecule has 22 heavy (non-hydrogen) atoms. The number of aromatic amines is 1. The average Bonchev–Trinajstić information content (AvgIpc) is 2.99. The van der Waals surface area contributed by atoms with Crippen LogP contribution in [-0.4, -0.2) is 9.97 Å². The van der Waals surface area contributed by atoms with Crippen molar-refractivity contribution in [2.75, 3.05) is 0 Å². The Bertz CT molecular complexity index is 969. The van der Waals surface area contributed by atoms with Crippen LogP contribution in [0.1, 0.15) is 0 Å². The lowest BCUT2D eigenvalue weighted by Crippen LogP contribution is -1.90. The molecule has 2 heterocycles. The summed E-state index contributed by atoms with van der Waals surface area (Å²) < 4.78 is 6.34. The van der Waals surface area contributed by atoms with E-state index in [1.165, 1.54) is 0 Å². The average molecular weight is 304 g/mol. The maximum Gasteiger partial charge on any atom is 0.197 e. The van der Waals surface area contributed by atoms with Crippen molar-refractivity contribution in [1.29, 1.82) is 0 Å². The second kappa shape index (κ2) is 5.24. The number of H-pyrrole nitrogens is 1. The predicted molar refractivity (Wildman–Crippen MR) is 90.1 cm³/mol. The van der Waals surface area contributed by atoms with Crippen LogP contribution in [-0.2, 0) is 0 Å². The van der Waals surface area contributed by atoms with Crippen LogP contribution in [0.2, 0.25) is 0 Å². The second-order valence-electron chi connectivity index (χ2n) is 5.00. The number of rotatable bonds is 2. The fourth-order valence-corrected chi connectivity index (χ4v) is 2.67. The summed E-state index contributed by atoms with van der Waals surface area (Å²) in [5.41, 5.74) is 3.55. The number of benzene rings is 2. The first-order valence-corrected chi connectivity index (χ1v) is 7.36. The van der Waals surface area contributed by atoms with Crippen molar-refractivity contribution in [3.05, 3.63) is 71.5 Å². The maximum atomic E-state index is 5.89. The Labute approximate surface area is 132 Å². The summed E-state index contributed by atoms with van der Waals surface area (Å²) in [6.07, 6.45) is 0. The molecule has 2 aromatic heterocycles. The van der Waals surface area contributed by atoms with Crippen LogP contribution in [0.25, 0.3) is 33.7 Å². The minimum Gasteiger partial charge on any atom is -0.455 e. The van der Waals surface area contributed by atoms with Gasteiger partial charge in [-0.3, -0.25) is 0 Å². The molecule has 0 radical (unpaired) electrons. The minimum absolute atomic E-state index is 0.441. The van der Waals surface area contributed by atoms with Crippen molar-refractivity contribution in [1.82, 2.24) is 9.97 Å². The van der Waals surface area contributed by atoms with Crippen LogP contribution in [0.4, 0.5) is 0 Å². The Morgan fingerprint density at radius 2 is 1.68 bits per heavy atom. The van der Waals surface area contributed by atoms with Crippen molar-refractivity contribution in [2.45, 2.75) is 0 Å². The van der Waals surface area contributed by atoms with Gasteiger partial charge in [-0.15, -0.1) is 0 Å². The van der Waals surface area contributed by atoms with Gasteiger partial charge in [-0.25, -0.2) is 4.98 Å². The number of hydrogen-bond acceptors (Lipinski definition) is 3. The SMILES string of the molecule is S=c1nc(-c2ccccc2)cc(-c2cc3ccccc3o2)[nH]1. The van der Waals surface area contributed by atoms with Gasteiger partial charge in [0, 0.05) is 10.9 Å². The van der Waals surface area contributed by atoms with Crippen LogP contribution >= 0.6 is 12.2 Å². The molecule has 0 saturated carbocycles. The van der Waals surface area contributed by atoms with E-state index in [1.54, 1.807) is 0 Å². The lowest BCUT2D eigenvalue weighted by atomic mass is 10.1. The Morgan fingerprint density at radius 1 is 0.909 bits per heavy atom. The molecule has 4 heteroatoms. The topological polar surface area (TPSA) is 41.8 Å². The zero-order valence-corrected chi connectivity index (χ0v) is 12.4. The lowest BCUT2D eigenvalue weighted by molar-refractivity contribution is 0.628. The molecule has 0 bridgehead atoms. The monoisotopic (exact) mass is 304 g/mol. The first kappa shape index (κ1) is 13.0. The number of nitrogens with one attached hydrogen (secondary N) is 1. The largest absolute Gasteiger partial charge is 0.455 e. The highest BCUT2D eigenvalue weighted by molar-refractivity contribution is 7.71. The molecule has 0 amide bonds.